The van der Waals surface area contributed by atoms with Crippen LogP contribution < -0.4 is 10.6 Å². The van der Waals surface area contributed by atoms with Gasteiger partial charge in [-0.1, -0.05) is 12.1 Å². The zero-order valence-corrected chi connectivity index (χ0v) is 14.0. The van der Waals surface area contributed by atoms with Gasteiger partial charge in [-0.05, 0) is 39.8 Å². The zero-order chi connectivity index (χ0) is 17.9. The number of hydrogen-bond acceptors (Lipinski definition) is 7. The van der Waals surface area contributed by atoms with E-state index in [-0.39, 0.29) is 23.1 Å². The Morgan fingerprint density at radius 1 is 1.21 bits per heavy atom. The molecule has 2 aromatic rings. The molecule has 0 aliphatic rings. The summed E-state index contributed by atoms with van der Waals surface area (Å²) in [5.74, 6) is 0.0982. The van der Waals surface area contributed by atoms with E-state index >= 15 is 0 Å². The third-order valence-corrected chi connectivity index (χ3v) is 3.03. The lowest BCUT2D eigenvalue weighted by atomic mass is 10.1. The highest BCUT2D eigenvalue weighted by Gasteiger charge is 2.26. The van der Waals surface area contributed by atoms with Gasteiger partial charge in [-0.2, -0.15) is 0 Å². The van der Waals surface area contributed by atoms with Gasteiger partial charge in [-0.25, -0.2) is 9.97 Å². The summed E-state index contributed by atoms with van der Waals surface area (Å²) in [6, 6.07) is 6.69. The Morgan fingerprint density at radius 2 is 1.88 bits per heavy atom. The predicted octanol–water partition coefficient (Wildman–Crippen LogP) is 3.54. The van der Waals surface area contributed by atoms with Crippen molar-refractivity contribution in [2.24, 2.45) is 0 Å². The lowest BCUT2D eigenvalue weighted by Crippen LogP contribution is -2.27. The number of benzene rings is 1. The molecule has 0 spiro atoms. The number of Topliss-reactive ketones (excluding diaryl/α,β-unsaturated/α-hetero) is 1. The van der Waals surface area contributed by atoms with Gasteiger partial charge in [-0.3, -0.25) is 14.9 Å². The van der Waals surface area contributed by atoms with Crippen molar-refractivity contribution in [2.75, 3.05) is 10.6 Å². The van der Waals surface area contributed by atoms with E-state index in [1.165, 1.54) is 13.3 Å². The highest BCUT2D eigenvalue weighted by atomic mass is 16.6. The maximum absolute atomic E-state index is 11.5. The Balaban J connectivity index is 2.43. The lowest BCUT2D eigenvalue weighted by Gasteiger charge is -2.21. The Kier molecular flexibility index (Phi) is 4.77. The van der Waals surface area contributed by atoms with E-state index in [9.17, 15) is 14.9 Å². The molecule has 1 heterocycles. The van der Waals surface area contributed by atoms with Crippen molar-refractivity contribution in [2.45, 2.75) is 33.2 Å². The van der Waals surface area contributed by atoms with Crippen LogP contribution in [0.15, 0.2) is 30.6 Å². The van der Waals surface area contributed by atoms with Crippen molar-refractivity contribution in [3.63, 3.8) is 0 Å². The van der Waals surface area contributed by atoms with Crippen molar-refractivity contribution in [1.82, 2.24) is 9.97 Å². The van der Waals surface area contributed by atoms with E-state index in [0.29, 0.717) is 11.3 Å². The van der Waals surface area contributed by atoms with E-state index in [1.807, 2.05) is 20.8 Å². The van der Waals surface area contributed by atoms with E-state index < -0.39 is 10.5 Å². The molecule has 2 rings (SSSR count). The molecule has 8 heteroatoms. The number of nitrogens with zero attached hydrogens (tertiary/aromatic N) is 3. The largest absolute Gasteiger partial charge is 0.360 e. The van der Waals surface area contributed by atoms with E-state index in [2.05, 4.69) is 20.6 Å². The number of nitrogens with one attached hydrogen (secondary N) is 2. The van der Waals surface area contributed by atoms with Crippen LogP contribution in [0.5, 0.6) is 0 Å². The fourth-order valence-corrected chi connectivity index (χ4v) is 2.04. The second kappa shape index (κ2) is 6.61. The summed E-state index contributed by atoms with van der Waals surface area (Å²) in [5, 5.41) is 17.4. The summed E-state index contributed by atoms with van der Waals surface area (Å²) in [6.07, 6.45) is 1.25. The minimum atomic E-state index is -0.536. The molecule has 24 heavy (non-hydrogen) atoms. The number of hydrogen-bond donors (Lipinski definition) is 2. The number of ketones is 1. The Labute approximate surface area is 139 Å². The van der Waals surface area contributed by atoms with Gasteiger partial charge in [0.15, 0.2) is 5.78 Å². The maximum Gasteiger partial charge on any atom is 0.353 e. The molecule has 1 aromatic heterocycles. The monoisotopic (exact) mass is 329 g/mol. The maximum atomic E-state index is 11.5. The average molecular weight is 329 g/mol. The van der Waals surface area contributed by atoms with Crippen LogP contribution in [0.25, 0.3) is 0 Å². The first-order valence-corrected chi connectivity index (χ1v) is 7.33. The molecular weight excluding hydrogens is 310 g/mol. The van der Waals surface area contributed by atoms with Crippen molar-refractivity contribution >= 4 is 28.8 Å². The predicted molar refractivity (Wildman–Crippen MR) is 91.8 cm³/mol. The minimum Gasteiger partial charge on any atom is -0.360 e. The summed E-state index contributed by atoms with van der Waals surface area (Å²) < 4.78 is 0. The van der Waals surface area contributed by atoms with Crippen LogP contribution in [-0.2, 0) is 0 Å². The molecule has 0 saturated carbocycles. The molecule has 8 nitrogen and oxygen atoms in total. The Morgan fingerprint density at radius 3 is 2.46 bits per heavy atom. The lowest BCUT2D eigenvalue weighted by molar-refractivity contribution is -0.383. The van der Waals surface area contributed by atoms with E-state index in [0.717, 1.165) is 0 Å². The highest BCUT2D eigenvalue weighted by molar-refractivity contribution is 5.95. The number of rotatable bonds is 5. The number of carbonyl (C=O) groups is 1. The first-order valence-electron chi connectivity index (χ1n) is 7.33. The van der Waals surface area contributed by atoms with Gasteiger partial charge in [0.05, 0.1) is 4.92 Å². The molecule has 0 aliphatic heterocycles. The van der Waals surface area contributed by atoms with Crippen molar-refractivity contribution in [3.05, 3.63) is 46.3 Å². The summed E-state index contributed by atoms with van der Waals surface area (Å²) in [5.41, 5.74) is 0.391. The average Bonchev–Trinajstić information content (AvgIpc) is 2.45. The topological polar surface area (TPSA) is 110 Å². The second-order valence-electron chi connectivity index (χ2n) is 6.31. The van der Waals surface area contributed by atoms with Crippen LogP contribution in [0.1, 0.15) is 38.1 Å². The molecule has 0 fully saturated rings. The van der Waals surface area contributed by atoms with Gasteiger partial charge in [0, 0.05) is 16.8 Å². The quantitative estimate of drug-likeness (QED) is 0.490. The third-order valence-electron chi connectivity index (χ3n) is 3.03. The van der Waals surface area contributed by atoms with Gasteiger partial charge in [0.2, 0.25) is 11.6 Å². The first-order chi connectivity index (χ1) is 11.2. The molecule has 0 saturated heterocycles. The summed E-state index contributed by atoms with van der Waals surface area (Å²) >= 11 is 0. The van der Waals surface area contributed by atoms with Crippen molar-refractivity contribution < 1.29 is 9.72 Å². The van der Waals surface area contributed by atoms with Gasteiger partial charge >= 0.3 is 5.69 Å². The first kappa shape index (κ1) is 17.3. The van der Waals surface area contributed by atoms with Crippen LogP contribution in [0, 0.1) is 10.1 Å². The zero-order valence-electron chi connectivity index (χ0n) is 14.0. The van der Waals surface area contributed by atoms with Crippen molar-refractivity contribution in [3.8, 4) is 0 Å². The van der Waals surface area contributed by atoms with Gasteiger partial charge < -0.3 is 10.6 Å². The smallest absolute Gasteiger partial charge is 0.353 e. The molecule has 0 atom stereocenters. The molecule has 0 bridgehead atoms. The number of nitro groups is 1. The SMILES string of the molecule is CC(=O)c1cccc(Nc2ncnc(NC(C)(C)C)c2[N+](=O)[O-])c1. The molecule has 0 aliphatic carbocycles. The molecule has 0 unspecified atom stereocenters. The minimum absolute atomic E-state index is 0.0578. The summed E-state index contributed by atoms with van der Waals surface area (Å²) in [7, 11) is 0. The van der Waals surface area contributed by atoms with Crippen molar-refractivity contribution in [1.29, 1.82) is 0 Å². The van der Waals surface area contributed by atoms with Gasteiger partial charge in [0.25, 0.3) is 0 Å². The van der Waals surface area contributed by atoms with Gasteiger partial charge in [-0.15, -0.1) is 0 Å². The van der Waals surface area contributed by atoms with E-state index in [1.54, 1.807) is 24.3 Å². The second-order valence-corrected chi connectivity index (χ2v) is 6.31. The standard InChI is InChI=1S/C16H19N5O3/c1-10(22)11-6-5-7-12(8-11)19-14-13(21(23)24)15(18-9-17-14)20-16(2,3)4/h5-9H,1-4H3,(H2,17,18,19,20). The van der Waals surface area contributed by atoms with E-state index in [4.69, 9.17) is 0 Å². The van der Waals surface area contributed by atoms with Crippen LogP contribution in [0.4, 0.5) is 23.0 Å². The van der Waals surface area contributed by atoms with Crippen LogP contribution >= 0.6 is 0 Å². The fourth-order valence-electron chi connectivity index (χ4n) is 2.04. The molecule has 1 aromatic carbocycles. The molecule has 0 amide bonds. The number of aromatic nitrogens is 2. The normalized spacial score (nSPS) is 11.0. The Hall–Kier alpha value is -3.03. The van der Waals surface area contributed by atoms with Crippen LogP contribution in [0.2, 0.25) is 0 Å². The molecule has 0 radical (unpaired) electrons. The third kappa shape index (κ3) is 4.25. The molecule has 126 valence electrons. The Bertz CT molecular complexity index is 784. The van der Waals surface area contributed by atoms with Gasteiger partial charge in [0.1, 0.15) is 6.33 Å². The highest BCUT2D eigenvalue weighted by Crippen LogP contribution is 2.32. The fraction of sp³-hybridized carbons (Fsp3) is 0.312. The summed E-state index contributed by atoms with van der Waals surface area (Å²) in [6.45, 7) is 7.09. The van der Waals surface area contributed by atoms with Crippen LogP contribution in [0.3, 0.4) is 0 Å². The number of carbonyl (C=O) groups excluding carboxylic acids is 1. The molecule has 2 N–H and O–H groups in total. The summed E-state index contributed by atoms with van der Waals surface area (Å²) in [4.78, 5) is 30.4. The number of anilines is 3. The molecular formula is C16H19N5O3. The van der Waals surface area contributed by atoms with Crippen LogP contribution in [-0.4, -0.2) is 26.2 Å².